The number of nitrogens with zero attached hydrogens (tertiary/aromatic N) is 3. The van der Waals surface area contributed by atoms with Gasteiger partial charge in [-0.3, -0.25) is 9.98 Å². The average Bonchev–Trinajstić information content (AvgIpc) is 2.43. The fourth-order valence-corrected chi connectivity index (χ4v) is 1.80. The lowest BCUT2D eigenvalue weighted by molar-refractivity contribution is 0.505. The van der Waals surface area contributed by atoms with Gasteiger partial charge < -0.3 is 5.41 Å². The van der Waals surface area contributed by atoms with Crippen molar-refractivity contribution < 1.29 is 4.39 Å². The molecule has 2 aromatic heterocycles. The van der Waals surface area contributed by atoms with Gasteiger partial charge in [0.2, 0.25) is 0 Å². The Morgan fingerprint density at radius 3 is 3.00 bits per heavy atom. The van der Waals surface area contributed by atoms with Crippen molar-refractivity contribution in [1.29, 1.82) is 5.41 Å². The minimum Gasteiger partial charge on any atom is -0.312 e. The Morgan fingerprint density at radius 2 is 2.26 bits per heavy atom. The van der Waals surface area contributed by atoms with Gasteiger partial charge in [-0.05, 0) is 23.8 Å². The second kappa shape index (κ2) is 6.33. The third-order valence-electron chi connectivity index (χ3n) is 2.57. The van der Waals surface area contributed by atoms with E-state index in [0.29, 0.717) is 10.7 Å². The minimum absolute atomic E-state index is 0.107. The highest BCUT2D eigenvalue weighted by atomic mass is 35.5. The lowest BCUT2D eigenvalue weighted by Crippen LogP contribution is -2.03. The first-order valence-corrected chi connectivity index (χ1v) is 6.11. The molecular weight excluding hydrogens is 267 g/mol. The van der Waals surface area contributed by atoms with Gasteiger partial charge in [-0.2, -0.15) is 0 Å². The number of hydrogen-bond donors (Lipinski definition) is 1. The molecule has 2 heterocycles. The number of alkyl halides is 1. The summed E-state index contributed by atoms with van der Waals surface area (Å²) in [5.41, 5.74) is 2.17. The van der Waals surface area contributed by atoms with Gasteiger partial charge in [0.25, 0.3) is 0 Å². The van der Waals surface area contributed by atoms with Gasteiger partial charge >= 0.3 is 0 Å². The van der Waals surface area contributed by atoms with Crippen LogP contribution < -0.4 is 0 Å². The molecule has 0 amide bonds. The van der Waals surface area contributed by atoms with Crippen molar-refractivity contribution in [3.63, 3.8) is 0 Å². The SMILES string of the molecule is N=CC(C=NCCF)c1cnc2ccc(Cl)nc2c1. The van der Waals surface area contributed by atoms with Crippen LogP contribution in [0.2, 0.25) is 5.15 Å². The highest BCUT2D eigenvalue weighted by Crippen LogP contribution is 2.18. The number of hydrogen-bond acceptors (Lipinski definition) is 4. The van der Waals surface area contributed by atoms with E-state index in [1.807, 2.05) is 6.07 Å². The molecule has 0 aliphatic rings. The predicted octanol–water partition coefficient (Wildman–Crippen LogP) is 3.06. The summed E-state index contributed by atoms with van der Waals surface area (Å²) in [6.07, 6.45) is 4.43. The molecule has 19 heavy (non-hydrogen) atoms. The maximum absolute atomic E-state index is 12.0. The standard InChI is InChI=1S/C13H12ClFN4/c14-13-2-1-11-12(19-13)5-9(8-18-11)10(6-16)7-17-4-3-15/h1-2,5-8,10,16H,3-4H2. The maximum atomic E-state index is 12.0. The summed E-state index contributed by atoms with van der Waals surface area (Å²) in [5, 5.41) is 7.79. The molecule has 0 aromatic carbocycles. The number of rotatable bonds is 5. The van der Waals surface area contributed by atoms with Crippen LogP contribution in [-0.4, -0.2) is 35.6 Å². The highest BCUT2D eigenvalue weighted by Gasteiger charge is 2.08. The summed E-state index contributed by atoms with van der Waals surface area (Å²) in [4.78, 5) is 12.3. The lowest BCUT2D eigenvalue weighted by Gasteiger charge is -2.07. The van der Waals surface area contributed by atoms with Crippen LogP contribution in [-0.2, 0) is 0 Å². The minimum atomic E-state index is -0.506. The number of aromatic nitrogens is 2. The molecule has 4 nitrogen and oxygen atoms in total. The van der Waals surface area contributed by atoms with Gasteiger partial charge in [0, 0.05) is 18.6 Å². The van der Waals surface area contributed by atoms with E-state index in [1.54, 1.807) is 24.5 Å². The quantitative estimate of drug-likeness (QED) is 0.675. The van der Waals surface area contributed by atoms with Crippen molar-refractivity contribution in [3.8, 4) is 0 Å². The Bertz CT molecular complexity index is 615. The van der Waals surface area contributed by atoms with Crippen molar-refractivity contribution >= 4 is 35.1 Å². The Kier molecular flexibility index (Phi) is 4.52. The molecular formula is C13H12ClFN4. The molecule has 0 spiro atoms. The van der Waals surface area contributed by atoms with Crippen molar-refractivity contribution in [2.75, 3.05) is 13.2 Å². The summed E-state index contributed by atoms with van der Waals surface area (Å²) in [7, 11) is 0. The Labute approximate surface area is 114 Å². The largest absolute Gasteiger partial charge is 0.312 e. The second-order valence-corrected chi connectivity index (χ2v) is 4.26. The first-order chi connectivity index (χ1) is 9.24. The van der Waals surface area contributed by atoms with Crippen LogP contribution in [0.25, 0.3) is 11.0 Å². The third kappa shape index (κ3) is 3.32. The smallest absolute Gasteiger partial charge is 0.129 e. The molecule has 1 unspecified atom stereocenters. The molecule has 0 bridgehead atoms. The Hall–Kier alpha value is -1.88. The number of pyridine rings is 2. The van der Waals surface area contributed by atoms with Gasteiger partial charge in [0.15, 0.2) is 0 Å². The summed E-state index contributed by atoms with van der Waals surface area (Å²) >= 11 is 5.84. The fourth-order valence-electron chi connectivity index (χ4n) is 1.64. The van der Waals surface area contributed by atoms with Crippen molar-refractivity contribution in [2.24, 2.45) is 4.99 Å². The van der Waals surface area contributed by atoms with Crippen molar-refractivity contribution in [2.45, 2.75) is 5.92 Å². The molecule has 6 heteroatoms. The molecule has 1 atom stereocenters. The van der Waals surface area contributed by atoms with Gasteiger partial charge in [0.05, 0.1) is 23.5 Å². The van der Waals surface area contributed by atoms with Gasteiger partial charge in [-0.1, -0.05) is 11.6 Å². The zero-order valence-corrected chi connectivity index (χ0v) is 10.8. The summed E-state index contributed by atoms with van der Waals surface area (Å²) < 4.78 is 12.0. The zero-order valence-electron chi connectivity index (χ0n) is 10.1. The predicted molar refractivity (Wildman–Crippen MR) is 75.4 cm³/mol. The third-order valence-corrected chi connectivity index (χ3v) is 2.78. The topological polar surface area (TPSA) is 62.0 Å². The van der Waals surface area contributed by atoms with Crippen LogP contribution in [0, 0.1) is 5.41 Å². The summed E-state index contributed by atoms with van der Waals surface area (Å²) in [6.45, 7) is -0.399. The van der Waals surface area contributed by atoms with E-state index in [1.165, 1.54) is 6.21 Å². The molecule has 0 aliphatic carbocycles. The molecule has 98 valence electrons. The second-order valence-electron chi connectivity index (χ2n) is 3.88. The number of fused-ring (bicyclic) bond motifs is 1. The van der Waals surface area contributed by atoms with E-state index in [0.717, 1.165) is 11.1 Å². The molecule has 2 aromatic rings. The van der Waals surface area contributed by atoms with Crippen LogP contribution in [0.4, 0.5) is 4.39 Å². The molecule has 0 radical (unpaired) electrons. The fraction of sp³-hybridized carbons (Fsp3) is 0.231. The van der Waals surface area contributed by atoms with Gasteiger partial charge in [0.1, 0.15) is 11.8 Å². The molecule has 2 rings (SSSR count). The normalized spacial score (nSPS) is 12.9. The Balaban J connectivity index is 2.35. The van der Waals surface area contributed by atoms with E-state index < -0.39 is 6.67 Å². The molecule has 0 saturated heterocycles. The maximum Gasteiger partial charge on any atom is 0.129 e. The van der Waals surface area contributed by atoms with E-state index >= 15 is 0 Å². The molecule has 1 N–H and O–H groups in total. The molecule has 0 fully saturated rings. The van der Waals surface area contributed by atoms with E-state index in [4.69, 9.17) is 17.0 Å². The van der Waals surface area contributed by atoms with E-state index in [9.17, 15) is 4.39 Å². The van der Waals surface area contributed by atoms with Crippen LogP contribution in [0.3, 0.4) is 0 Å². The van der Waals surface area contributed by atoms with Crippen LogP contribution in [0.1, 0.15) is 11.5 Å². The summed E-state index contributed by atoms with van der Waals surface area (Å²) in [6, 6.07) is 5.27. The first-order valence-electron chi connectivity index (χ1n) is 5.73. The van der Waals surface area contributed by atoms with Crippen molar-refractivity contribution in [3.05, 3.63) is 35.1 Å². The zero-order chi connectivity index (χ0) is 13.7. The summed E-state index contributed by atoms with van der Waals surface area (Å²) in [5.74, 6) is -0.329. The van der Waals surface area contributed by atoms with Gasteiger partial charge in [-0.15, -0.1) is 0 Å². The van der Waals surface area contributed by atoms with Crippen molar-refractivity contribution in [1.82, 2.24) is 9.97 Å². The van der Waals surface area contributed by atoms with Crippen LogP contribution >= 0.6 is 11.6 Å². The lowest BCUT2D eigenvalue weighted by atomic mass is 10.0. The number of nitrogens with one attached hydrogen (secondary N) is 1. The van der Waals surface area contributed by atoms with Gasteiger partial charge in [-0.25, -0.2) is 9.37 Å². The number of halogens is 2. The van der Waals surface area contributed by atoms with E-state index in [-0.39, 0.29) is 12.5 Å². The van der Waals surface area contributed by atoms with E-state index in [2.05, 4.69) is 15.0 Å². The van der Waals surface area contributed by atoms with Crippen LogP contribution in [0.15, 0.2) is 29.4 Å². The highest BCUT2D eigenvalue weighted by molar-refractivity contribution is 6.29. The number of aliphatic imine (C=N–C) groups is 1. The monoisotopic (exact) mass is 278 g/mol. The first kappa shape index (κ1) is 13.5. The molecule has 0 aliphatic heterocycles. The molecule has 0 saturated carbocycles. The van der Waals surface area contributed by atoms with Crippen LogP contribution in [0.5, 0.6) is 0 Å². The average molecular weight is 279 g/mol. The Morgan fingerprint density at radius 1 is 1.42 bits per heavy atom.